The lowest BCUT2D eigenvalue weighted by molar-refractivity contribution is 0.701. The molecule has 0 aliphatic carbocycles. The fourth-order valence-corrected chi connectivity index (χ4v) is 2.92. The predicted molar refractivity (Wildman–Crippen MR) is 91.4 cm³/mol. The molecular formula is C16H17N3O2S. The van der Waals surface area contributed by atoms with Crippen LogP contribution < -0.4 is 5.73 Å². The van der Waals surface area contributed by atoms with Gasteiger partial charge in [-0.25, -0.2) is 9.19 Å². The zero-order chi connectivity index (χ0) is 15.0. The Kier molecular flexibility index (Phi) is 4.44. The molecule has 0 atom stereocenters. The van der Waals surface area contributed by atoms with Crippen molar-refractivity contribution in [1.29, 1.82) is 0 Å². The summed E-state index contributed by atoms with van der Waals surface area (Å²) in [4.78, 5) is 8.23. The molecule has 22 heavy (non-hydrogen) atoms. The maximum absolute atomic E-state index is 11.7. The highest BCUT2D eigenvalue weighted by atomic mass is 32.1. The average molecular weight is 315 g/mol. The molecule has 0 radical (unpaired) electrons. The fourth-order valence-electron chi connectivity index (χ4n) is 2.39. The van der Waals surface area contributed by atoms with Gasteiger partial charge in [0.2, 0.25) is 0 Å². The van der Waals surface area contributed by atoms with Crippen molar-refractivity contribution in [3.8, 4) is 0 Å². The van der Waals surface area contributed by atoms with E-state index in [9.17, 15) is 4.21 Å². The van der Waals surface area contributed by atoms with Gasteiger partial charge in [0.15, 0.2) is 5.82 Å². The first-order chi connectivity index (χ1) is 10.1. The summed E-state index contributed by atoms with van der Waals surface area (Å²) in [6, 6.07) is 11.6. The number of fused-ring (bicyclic) bond motifs is 1. The Balaban J connectivity index is 0.00000176. The number of para-hydroxylation sites is 2. The highest BCUT2D eigenvalue weighted by molar-refractivity contribution is 7.67. The molecule has 0 fully saturated rings. The van der Waals surface area contributed by atoms with Gasteiger partial charge < -0.3 is 16.2 Å². The van der Waals surface area contributed by atoms with Gasteiger partial charge in [0.25, 0.3) is 0 Å². The third kappa shape index (κ3) is 2.54. The molecule has 0 amide bonds. The van der Waals surface area contributed by atoms with Crippen LogP contribution in [0.5, 0.6) is 0 Å². The first-order valence-corrected chi connectivity index (χ1v) is 7.34. The number of benzene rings is 2. The summed E-state index contributed by atoms with van der Waals surface area (Å²) < 4.78 is 11.7. The third-order valence-electron chi connectivity index (χ3n) is 3.59. The summed E-state index contributed by atoms with van der Waals surface area (Å²) in [6.07, 6.45) is 0. The van der Waals surface area contributed by atoms with Gasteiger partial charge in [-0.3, -0.25) is 0 Å². The number of H-pyrrole nitrogens is 1. The zero-order valence-electron chi connectivity index (χ0n) is 12.3. The Labute approximate surface area is 131 Å². The van der Waals surface area contributed by atoms with Gasteiger partial charge >= 0.3 is 0 Å². The van der Waals surface area contributed by atoms with Crippen LogP contribution in [-0.2, 0) is 11.3 Å². The van der Waals surface area contributed by atoms with Gasteiger partial charge in [0.05, 0.1) is 11.0 Å². The molecule has 2 aromatic carbocycles. The number of nitrogens with zero attached hydrogens (tertiary/aromatic N) is 1. The van der Waals surface area contributed by atoms with Gasteiger partial charge in [0, 0.05) is 11.3 Å². The molecule has 0 aliphatic rings. The number of aromatic amines is 1. The van der Waals surface area contributed by atoms with Crippen LogP contribution in [0.2, 0.25) is 0 Å². The van der Waals surface area contributed by atoms with Crippen molar-refractivity contribution >= 4 is 32.8 Å². The lowest BCUT2D eigenvalue weighted by Gasteiger charge is -2.11. The number of hydrogen-bond donors (Lipinski definition) is 2. The van der Waals surface area contributed by atoms with E-state index < -0.39 is 0 Å². The van der Waals surface area contributed by atoms with E-state index in [-0.39, 0.29) is 5.48 Å². The topological polar surface area (TPSA) is 103 Å². The number of nitrogens with one attached hydrogen (secondary N) is 1. The number of aromatic nitrogens is 2. The van der Waals surface area contributed by atoms with Crippen molar-refractivity contribution in [2.75, 3.05) is 5.73 Å². The summed E-state index contributed by atoms with van der Waals surface area (Å²) >= 11 is 0.421. The van der Waals surface area contributed by atoms with Gasteiger partial charge in [-0.2, -0.15) is 0 Å². The van der Waals surface area contributed by atoms with Crippen LogP contribution in [0.15, 0.2) is 36.4 Å². The Morgan fingerprint density at radius 1 is 1.14 bits per heavy atom. The minimum Gasteiger partial charge on any atom is -0.412 e. The van der Waals surface area contributed by atoms with Gasteiger partial charge in [0.1, 0.15) is 16.1 Å². The SMILES string of the molecule is Cc1ccc(C)c(C(=S=O)c2nc3ccccc3[nH]2)c1N.O. The van der Waals surface area contributed by atoms with Crippen molar-refractivity contribution in [3.63, 3.8) is 0 Å². The summed E-state index contributed by atoms with van der Waals surface area (Å²) in [5, 5.41) is 0. The van der Waals surface area contributed by atoms with Crippen LogP contribution >= 0.6 is 0 Å². The molecule has 0 spiro atoms. The molecule has 0 unspecified atom stereocenters. The van der Waals surface area contributed by atoms with Crippen LogP contribution in [0.25, 0.3) is 11.0 Å². The molecule has 1 aromatic heterocycles. The standard InChI is InChI=1S/C16H15N3OS.H2O/c1-9-7-8-10(2)14(17)13(9)15(21-20)16-18-11-5-3-4-6-12(11)19-16;/h3-8H,17H2,1-2H3,(H,18,19);1H2. The number of hydrogen-bond acceptors (Lipinski definition) is 3. The monoisotopic (exact) mass is 315 g/mol. The van der Waals surface area contributed by atoms with E-state index in [1.54, 1.807) is 0 Å². The molecule has 5 N–H and O–H groups in total. The van der Waals surface area contributed by atoms with Crippen LogP contribution in [0, 0.1) is 13.8 Å². The number of imidazole rings is 1. The van der Waals surface area contributed by atoms with Crippen LogP contribution in [0.1, 0.15) is 22.5 Å². The molecule has 0 saturated carbocycles. The molecule has 5 nitrogen and oxygen atoms in total. The number of rotatable bonds is 2. The van der Waals surface area contributed by atoms with Gasteiger partial charge in [-0.1, -0.05) is 24.3 Å². The molecule has 6 heteroatoms. The number of nitrogen functional groups attached to an aromatic ring is 1. The zero-order valence-corrected chi connectivity index (χ0v) is 13.1. The first kappa shape index (κ1) is 15.9. The van der Waals surface area contributed by atoms with Crippen molar-refractivity contribution in [2.45, 2.75) is 13.8 Å². The second kappa shape index (κ2) is 6.13. The maximum Gasteiger partial charge on any atom is 0.152 e. The predicted octanol–water partition coefficient (Wildman–Crippen LogP) is 1.72. The molecule has 114 valence electrons. The lowest BCUT2D eigenvalue weighted by Crippen LogP contribution is -2.11. The van der Waals surface area contributed by atoms with Crippen LogP contribution in [0.4, 0.5) is 5.69 Å². The van der Waals surface area contributed by atoms with E-state index in [0.29, 0.717) is 27.6 Å². The molecule has 1 heterocycles. The van der Waals surface area contributed by atoms with Crippen molar-refractivity contribution in [1.82, 2.24) is 9.97 Å². The van der Waals surface area contributed by atoms with E-state index in [1.807, 2.05) is 50.2 Å². The Morgan fingerprint density at radius 3 is 2.50 bits per heavy atom. The molecule has 0 aliphatic heterocycles. The van der Waals surface area contributed by atoms with E-state index in [0.717, 1.165) is 27.7 Å². The fraction of sp³-hybridized carbons (Fsp3) is 0.125. The largest absolute Gasteiger partial charge is 0.412 e. The molecule has 3 rings (SSSR count). The Hall–Kier alpha value is -2.44. The maximum atomic E-state index is 11.7. The summed E-state index contributed by atoms with van der Waals surface area (Å²) in [7, 11) is 0. The first-order valence-electron chi connectivity index (χ1n) is 6.59. The minimum absolute atomic E-state index is 0. The molecule has 0 bridgehead atoms. The van der Waals surface area contributed by atoms with Crippen molar-refractivity contribution in [3.05, 3.63) is 58.9 Å². The van der Waals surface area contributed by atoms with E-state index in [2.05, 4.69) is 9.97 Å². The van der Waals surface area contributed by atoms with Crippen LogP contribution in [-0.4, -0.2) is 24.5 Å². The number of aryl methyl sites for hydroxylation is 2. The van der Waals surface area contributed by atoms with Gasteiger partial charge in [-0.15, -0.1) is 0 Å². The number of anilines is 1. The highest BCUT2D eigenvalue weighted by Gasteiger charge is 2.17. The summed E-state index contributed by atoms with van der Waals surface area (Å²) in [5.74, 6) is 0.566. The van der Waals surface area contributed by atoms with E-state index in [1.165, 1.54) is 0 Å². The third-order valence-corrected chi connectivity index (χ3v) is 4.15. The second-order valence-electron chi connectivity index (χ2n) is 5.00. The number of nitrogens with two attached hydrogens (primary N) is 1. The Morgan fingerprint density at radius 2 is 1.82 bits per heavy atom. The average Bonchev–Trinajstić information content (AvgIpc) is 2.91. The summed E-state index contributed by atoms with van der Waals surface area (Å²) in [6.45, 7) is 3.88. The second-order valence-corrected chi connectivity index (χ2v) is 5.58. The highest BCUT2D eigenvalue weighted by Crippen LogP contribution is 2.24. The normalized spacial score (nSPS) is 10.3. The lowest BCUT2D eigenvalue weighted by atomic mass is 9.99. The summed E-state index contributed by atoms with van der Waals surface area (Å²) in [5.41, 5.74) is 11.2. The minimum atomic E-state index is 0. The van der Waals surface area contributed by atoms with E-state index in [4.69, 9.17) is 5.73 Å². The van der Waals surface area contributed by atoms with Crippen molar-refractivity contribution < 1.29 is 9.69 Å². The molecule has 3 aromatic rings. The van der Waals surface area contributed by atoms with Crippen molar-refractivity contribution in [2.24, 2.45) is 0 Å². The Bertz CT molecular complexity index is 863. The smallest absolute Gasteiger partial charge is 0.152 e. The van der Waals surface area contributed by atoms with Crippen LogP contribution in [0.3, 0.4) is 0 Å². The van der Waals surface area contributed by atoms with E-state index >= 15 is 0 Å². The van der Waals surface area contributed by atoms with Gasteiger partial charge in [-0.05, 0) is 37.1 Å². The molecular weight excluding hydrogens is 298 g/mol. The quantitative estimate of drug-likeness (QED) is 0.427. The molecule has 0 saturated heterocycles.